The predicted molar refractivity (Wildman–Crippen MR) is 228 cm³/mol. The lowest BCUT2D eigenvalue weighted by molar-refractivity contribution is -0.151. The number of ether oxygens (including phenoxy) is 1. The van der Waals surface area contributed by atoms with Crippen LogP contribution in [0.5, 0.6) is 0 Å². The number of aliphatic carboxylic acids is 1. The fourth-order valence-electron chi connectivity index (χ4n) is 11.9. The molecule has 7 unspecified atom stereocenters. The third-order valence-electron chi connectivity index (χ3n) is 14.6. The van der Waals surface area contributed by atoms with E-state index in [9.17, 15) is 18.8 Å². The fraction of sp³-hybridized carbons (Fsp3) is 0.653. The zero-order valence-corrected chi connectivity index (χ0v) is 36.8. The number of pyridine rings is 1. The van der Waals surface area contributed by atoms with Gasteiger partial charge in [0.15, 0.2) is 5.78 Å². The molecule has 2 aromatic rings. The van der Waals surface area contributed by atoms with Crippen molar-refractivity contribution in [1.29, 1.82) is 5.41 Å². The van der Waals surface area contributed by atoms with Crippen molar-refractivity contribution in [3.05, 3.63) is 76.4 Å². The van der Waals surface area contributed by atoms with Crippen LogP contribution in [0.4, 0.5) is 4.39 Å². The first-order valence-corrected chi connectivity index (χ1v) is 21.6. The molecule has 1 aromatic carbocycles. The summed E-state index contributed by atoms with van der Waals surface area (Å²) in [6, 6.07) is 10.2. The van der Waals surface area contributed by atoms with E-state index in [4.69, 9.17) is 20.4 Å². The summed E-state index contributed by atoms with van der Waals surface area (Å²) >= 11 is 0. The molecular weight excluding hydrogens is 732 g/mol. The van der Waals surface area contributed by atoms with E-state index in [2.05, 4.69) is 32.7 Å². The van der Waals surface area contributed by atoms with Gasteiger partial charge in [-0.25, -0.2) is 4.39 Å². The van der Waals surface area contributed by atoms with Crippen LogP contribution >= 0.6 is 0 Å². The highest BCUT2D eigenvalue weighted by atomic mass is 19.1. The molecule has 8 nitrogen and oxygen atoms in total. The van der Waals surface area contributed by atoms with Crippen LogP contribution in [0, 0.1) is 76.3 Å². The van der Waals surface area contributed by atoms with Gasteiger partial charge in [0.1, 0.15) is 17.8 Å². The van der Waals surface area contributed by atoms with E-state index in [1.807, 2.05) is 26.0 Å². The van der Waals surface area contributed by atoms with Crippen LogP contribution in [0.3, 0.4) is 0 Å². The van der Waals surface area contributed by atoms with E-state index in [-0.39, 0.29) is 29.5 Å². The van der Waals surface area contributed by atoms with Crippen molar-refractivity contribution < 1.29 is 33.7 Å². The predicted octanol–water partition coefficient (Wildman–Crippen LogP) is 10.9. The van der Waals surface area contributed by atoms with Crippen molar-refractivity contribution in [3.8, 4) is 0 Å². The quantitative estimate of drug-likeness (QED) is 0.137. The average molecular weight is 803 g/mol. The molecule has 0 aliphatic heterocycles. The van der Waals surface area contributed by atoms with E-state index in [0.29, 0.717) is 53.5 Å². The molecule has 1 heterocycles. The molecule has 0 radical (unpaired) electrons. The minimum absolute atomic E-state index is 0.0754. The largest absolute Gasteiger partial charge is 0.481 e. The number of Topliss-reactive ketones (excluding diaryl/α,β-unsaturated/α-hetero) is 1. The Hall–Kier alpha value is -3.72. The summed E-state index contributed by atoms with van der Waals surface area (Å²) in [4.78, 5) is 38.2. The highest BCUT2D eigenvalue weighted by molar-refractivity contribution is 6.00. The van der Waals surface area contributed by atoms with Gasteiger partial charge in [0.05, 0.1) is 13.0 Å². The number of halogens is 1. The molecular formula is C49H71FN2O6. The number of carboxylic acid groups (broad SMARTS) is 1. The summed E-state index contributed by atoms with van der Waals surface area (Å²) in [5.74, 6) is 2.72. The van der Waals surface area contributed by atoms with Gasteiger partial charge < -0.3 is 19.7 Å². The molecule has 7 atom stereocenters. The molecule has 320 valence electrons. The number of hydrogen-bond donors (Lipinski definition) is 3. The molecule has 1 aromatic heterocycles. The van der Waals surface area contributed by atoms with Crippen molar-refractivity contribution in [2.45, 2.75) is 139 Å². The molecule has 4 fully saturated rings. The molecule has 4 saturated carbocycles. The maximum atomic E-state index is 13.7. The van der Waals surface area contributed by atoms with Crippen LogP contribution in [-0.2, 0) is 19.1 Å². The van der Waals surface area contributed by atoms with Crippen molar-refractivity contribution in [2.24, 2.45) is 51.2 Å². The second kappa shape index (κ2) is 19.6. The molecule has 58 heavy (non-hydrogen) atoms. The smallest absolute Gasteiger partial charge is 0.304 e. The Morgan fingerprint density at radius 3 is 2.21 bits per heavy atom. The molecule has 5 aliphatic carbocycles. The number of aldehydes is 1. The highest BCUT2D eigenvalue weighted by Crippen LogP contribution is 2.71. The summed E-state index contributed by atoms with van der Waals surface area (Å²) in [6.07, 6.45) is 17.3. The SMILES string of the molecule is CC(C)(C=O)CC(=O)O.CO.Cc1ccc(C(=N)OCCC23CCC4C(CCC5C6(C)CCCCC6CCC45C)C2=C(C(C)C)C(=O)C3)nc1.Cc1ccc(F)cc1. The van der Waals surface area contributed by atoms with E-state index < -0.39 is 11.4 Å². The summed E-state index contributed by atoms with van der Waals surface area (Å²) < 4.78 is 18.1. The Morgan fingerprint density at radius 2 is 1.64 bits per heavy atom. The van der Waals surface area contributed by atoms with Crippen LogP contribution < -0.4 is 0 Å². The lowest BCUT2D eigenvalue weighted by atomic mass is 9.39. The standard InChI is InChI=1S/C35H50N2O2.C7H7F.C6H10O3.CH4O/c1-22(2)30-28(38)20-35(18-19-39-32(36)27-11-9-23(3)21-37-27)17-14-26-25(31(30)35)10-12-29-33(4)15-7-6-8-24(33)13-16-34(26,29)5;1-6-2-4-7(8)5-3-6;1-6(2,4-7)3-5(8)9;1-2/h9,11,21-22,24-26,29,36H,6-8,10,12-20H2,1-5H3;2-5H,1H3;4H,3H2,1-2H3,(H,8,9);2H,1H3. The number of hydrogen-bond acceptors (Lipinski definition) is 7. The Balaban J connectivity index is 0.000000324. The Bertz CT molecular complexity index is 1750. The molecule has 0 saturated heterocycles. The molecule has 0 bridgehead atoms. The third kappa shape index (κ3) is 10.3. The first-order valence-electron chi connectivity index (χ1n) is 21.6. The topological polar surface area (TPSA) is 138 Å². The molecule has 7 rings (SSSR count). The minimum Gasteiger partial charge on any atom is -0.481 e. The van der Waals surface area contributed by atoms with Crippen molar-refractivity contribution >= 4 is 23.9 Å². The first kappa shape index (κ1) is 47.0. The number of fused-ring (bicyclic) bond motifs is 7. The van der Waals surface area contributed by atoms with Gasteiger partial charge in [0.2, 0.25) is 5.90 Å². The van der Waals surface area contributed by atoms with Gasteiger partial charge in [0, 0.05) is 30.6 Å². The summed E-state index contributed by atoms with van der Waals surface area (Å²) in [5.41, 5.74) is 5.58. The number of carbonyl (C=O) groups excluding carboxylic acids is 2. The number of allylic oxidation sites excluding steroid dienone is 2. The van der Waals surface area contributed by atoms with Gasteiger partial charge in [-0.15, -0.1) is 0 Å². The number of aryl methyl sites for hydroxylation is 2. The van der Waals surface area contributed by atoms with Gasteiger partial charge in [-0.3, -0.25) is 20.0 Å². The van der Waals surface area contributed by atoms with Crippen LogP contribution in [0.2, 0.25) is 0 Å². The summed E-state index contributed by atoms with van der Waals surface area (Å²) in [6.45, 7) is 17.4. The number of aliphatic hydroxyl groups excluding tert-OH is 1. The number of aliphatic hydroxyl groups is 1. The van der Waals surface area contributed by atoms with Gasteiger partial charge >= 0.3 is 5.97 Å². The van der Waals surface area contributed by atoms with Gasteiger partial charge in [-0.05, 0) is 141 Å². The van der Waals surface area contributed by atoms with E-state index in [0.717, 1.165) is 42.9 Å². The lowest BCUT2D eigenvalue weighted by Gasteiger charge is -2.66. The first-order chi connectivity index (χ1) is 27.4. The van der Waals surface area contributed by atoms with Crippen LogP contribution in [-0.4, -0.2) is 52.9 Å². The van der Waals surface area contributed by atoms with Crippen LogP contribution in [0.1, 0.15) is 142 Å². The average Bonchev–Trinajstić information content (AvgIpc) is 3.49. The molecule has 9 heteroatoms. The molecule has 5 aliphatic rings. The second-order valence-electron chi connectivity index (χ2n) is 19.4. The van der Waals surface area contributed by atoms with Crippen LogP contribution in [0.25, 0.3) is 0 Å². The van der Waals surface area contributed by atoms with Crippen molar-refractivity contribution in [1.82, 2.24) is 4.98 Å². The molecule has 0 spiro atoms. The maximum absolute atomic E-state index is 13.7. The second-order valence-corrected chi connectivity index (χ2v) is 19.4. The maximum Gasteiger partial charge on any atom is 0.304 e. The van der Waals surface area contributed by atoms with Gasteiger partial charge in [-0.2, -0.15) is 0 Å². The number of aromatic nitrogens is 1. The number of carbonyl (C=O) groups is 3. The third-order valence-corrected chi connectivity index (χ3v) is 14.6. The van der Waals surface area contributed by atoms with E-state index >= 15 is 0 Å². The Morgan fingerprint density at radius 1 is 0.966 bits per heavy atom. The highest BCUT2D eigenvalue weighted by Gasteiger charge is 2.63. The van der Waals surface area contributed by atoms with E-state index in [1.165, 1.54) is 81.1 Å². The number of rotatable bonds is 8. The fourth-order valence-corrected chi connectivity index (χ4v) is 11.9. The Kier molecular flexibility index (Phi) is 15.8. The van der Waals surface area contributed by atoms with E-state index in [1.54, 1.807) is 32.2 Å². The number of nitrogens with one attached hydrogen (secondary N) is 1. The Labute approximate surface area is 347 Å². The molecule has 3 N–H and O–H groups in total. The zero-order chi connectivity index (χ0) is 43.1. The van der Waals surface area contributed by atoms with Gasteiger partial charge in [-0.1, -0.05) is 83.7 Å². The number of benzene rings is 1. The minimum atomic E-state index is -0.938. The number of ketones is 1. The lowest BCUT2D eigenvalue weighted by Crippen LogP contribution is -2.58. The van der Waals surface area contributed by atoms with Gasteiger partial charge in [0.25, 0.3) is 0 Å². The van der Waals surface area contributed by atoms with Crippen molar-refractivity contribution in [2.75, 3.05) is 13.7 Å². The number of carboxylic acids is 1. The monoisotopic (exact) mass is 803 g/mol. The van der Waals surface area contributed by atoms with Crippen molar-refractivity contribution in [3.63, 3.8) is 0 Å². The number of nitrogens with zero attached hydrogens (tertiary/aromatic N) is 1. The summed E-state index contributed by atoms with van der Waals surface area (Å²) in [5, 5.41) is 23.7. The zero-order valence-electron chi connectivity index (χ0n) is 36.8. The van der Waals surface area contributed by atoms with Crippen LogP contribution in [0.15, 0.2) is 53.7 Å². The molecule has 0 amide bonds. The normalized spacial score (nSPS) is 29.7. The summed E-state index contributed by atoms with van der Waals surface area (Å²) in [7, 11) is 1.00.